The lowest BCUT2D eigenvalue weighted by molar-refractivity contribution is 0.0909. The number of hydrogen-bond donors (Lipinski definition) is 1. The Balaban J connectivity index is 3.20. The molecule has 0 aliphatic heterocycles. The summed E-state index contributed by atoms with van der Waals surface area (Å²) >= 11 is 6.09. The first-order valence-corrected chi connectivity index (χ1v) is 6.97. The Morgan fingerprint density at radius 3 is 2.00 bits per heavy atom. The van der Waals surface area contributed by atoms with Gasteiger partial charge in [0.25, 0.3) is 5.91 Å². The van der Waals surface area contributed by atoms with Crippen molar-refractivity contribution in [2.24, 2.45) is 0 Å². The SMILES string of the molecule is COc1cc(OC)c(C(=O)NC(C)(C)C(C)Cl)cc1OC. The number of rotatable bonds is 6. The highest BCUT2D eigenvalue weighted by Gasteiger charge is 2.28. The van der Waals surface area contributed by atoms with Gasteiger partial charge < -0.3 is 19.5 Å². The number of halogens is 1. The van der Waals surface area contributed by atoms with Gasteiger partial charge in [-0.3, -0.25) is 4.79 Å². The van der Waals surface area contributed by atoms with Crippen molar-refractivity contribution >= 4 is 17.5 Å². The van der Waals surface area contributed by atoms with Gasteiger partial charge >= 0.3 is 0 Å². The summed E-state index contributed by atoms with van der Waals surface area (Å²) in [7, 11) is 4.53. The van der Waals surface area contributed by atoms with E-state index < -0.39 is 5.54 Å². The summed E-state index contributed by atoms with van der Waals surface area (Å²) in [5.41, 5.74) is -0.197. The second-order valence-electron chi connectivity index (χ2n) is 5.20. The largest absolute Gasteiger partial charge is 0.496 e. The Kier molecular flexibility index (Phi) is 5.72. The molecular formula is C15H22ClNO4. The summed E-state index contributed by atoms with van der Waals surface area (Å²) in [6, 6.07) is 3.20. The fourth-order valence-electron chi connectivity index (χ4n) is 1.67. The van der Waals surface area contributed by atoms with E-state index in [-0.39, 0.29) is 11.3 Å². The van der Waals surface area contributed by atoms with Gasteiger partial charge in [0.1, 0.15) is 5.75 Å². The van der Waals surface area contributed by atoms with E-state index >= 15 is 0 Å². The lowest BCUT2D eigenvalue weighted by Gasteiger charge is -2.29. The average Bonchev–Trinajstić information content (AvgIpc) is 2.44. The third-order valence-corrected chi connectivity index (χ3v) is 3.93. The molecule has 0 aliphatic carbocycles. The molecule has 0 spiro atoms. The highest BCUT2D eigenvalue weighted by molar-refractivity contribution is 6.21. The molecule has 21 heavy (non-hydrogen) atoms. The average molecular weight is 316 g/mol. The molecule has 0 saturated carbocycles. The van der Waals surface area contributed by atoms with E-state index in [1.165, 1.54) is 21.3 Å². The van der Waals surface area contributed by atoms with Crippen molar-refractivity contribution in [3.8, 4) is 17.2 Å². The van der Waals surface area contributed by atoms with Gasteiger partial charge in [-0.05, 0) is 20.8 Å². The summed E-state index contributed by atoms with van der Waals surface area (Å²) in [4.78, 5) is 12.5. The zero-order valence-electron chi connectivity index (χ0n) is 13.2. The molecule has 118 valence electrons. The van der Waals surface area contributed by atoms with Crippen LogP contribution in [0.2, 0.25) is 0 Å². The van der Waals surface area contributed by atoms with Crippen LogP contribution in [0, 0.1) is 0 Å². The maximum absolute atomic E-state index is 12.5. The fourth-order valence-corrected chi connectivity index (χ4v) is 1.72. The number of carbonyl (C=O) groups is 1. The Morgan fingerprint density at radius 2 is 1.57 bits per heavy atom. The molecule has 0 heterocycles. The van der Waals surface area contributed by atoms with Gasteiger partial charge in [-0.1, -0.05) is 0 Å². The molecule has 0 bridgehead atoms. The number of benzene rings is 1. The van der Waals surface area contributed by atoms with Gasteiger partial charge in [0.2, 0.25) is 0 Å². The van der Waals surface area contributed by atoms with E-state index in [1.54, 1.807) is 12.1 Å². The predicted molar refractivity (Wildman–Crippen MR) is 83.0 cm³/mol. The third-order valence-electron chi connectivity index (χ3n) is 3.38. The maximum Gasteiger partial charge on any atom is 0.255 e. The lowest BCUT2D eigenvalue weighted by atomic mass is 10.0. The molecule has 1 N–H and O–H groups in total. The number of nitrogens with one attached hydrogen (secondary N) is 1. The first-order valence-electron chi connectivity index (χ1n) is 6.53. The van der Waals surface area contributed by atoms with Crippen LogP contribution in [0.15, 0.2) is 12.1 Å². The second-order valence-corrected chi connectivity index (χ2v) is 5.85. The van der Waals surface area contributed by atoms with Gasteiger partial charge in [-0.2, -0.15) is 0 Å². The van der Waals surface area contributed by atoms with Gasteiger partial charge in [0.15, 0.2) is 11.5 Å². The molecule has 0 radical (unpaired) electrons. The van der Waals surface area contributed by atoms with Crippen LogP contribution < -0.4 is 19.5 Å². The minimum atomic E-state index is -0.559. The van der Waals surface area contributed by atoms with Gasteiger partial charge in [-0.15, -0.1) is 11.6 Å². The zero-order chi connectivity index (χ0) is 16.2. The summed E-state index contributed by atoms with van der Waals surface area (Å²) in [5.74, 6) is 1.07. The molecule has 1 rings (SSSR count). The summed E-state index contributed by atoms with van der Waals surface area (Å²) in [6.45, 7) is 5.54. The Hall–Kier alpha value is -1.62. The van der Waals surface area contributed by atoms with Gasteiger partial charge in [0, 0.05) is 12.1 Å². The summed E-state index contributed by atoms with van der Waals surface area (Å²) < 4.78 is 15.7. The molecule has 5 nitrogen and oxygen atoms in total. The van der Waals surface area contributed by atoms with Crippen molar-refractivity contribution in [2.75, 3.05) is 21.3 Å². The van der Waals surface area contributed by atoms with Crippen molar-refractivity contribution in [2.45, 2.75) is 31.7 Å². The molecule has 1 aromatic rings. The van der Waals surface area contributed by atoms with Crippen LogP contribution >= 0.6 is 11.6 Å². The Bertz CT molecular complexity index is 515. The molecular weight excluding hydrogens is 294 g/mol. The van der Waals surface area contributed by atoms with Crippen molar-refractivity contribution in [3.05, 3.63) is 17.7 Å². The smallest absolute Gasteiger partial charge is 0.255 e. The van der Waals surface area contributed by atoms with Crippen LogP contribution in [0.5, 0.6) is 17.2 Å². The van der Waals surface area contributed by atoms with E-state index in [4.69, 9.17) is 25.8 Å². The van der Waals surface area contributed by atoms with Crippen LogP contribution in [0.3, 0.4) is 0 Å². The number of carbonyl (C=O) groups excluding carboxylic acids is 1. The van der Waals surface area contributed by atoms with Crippen molar-refractivity contribution in [1.29, 1.82) is 0 Å². The normalized spacial score (nSPS) is 12.5. The molecule has 0 fully saturated rings. The van der Waals surface area contributed by atoms with Crippen LogP contribution in [0.4, 0.5) is 0 Å². The lowest BCUT2D eigenvalue weighted by Crippen LogP contribution is -2.49. The zero-order valence-corrected chi connectivity index (χ0v) is 14.0. The first-order chi connectivity index (χ1) is 9.76. The topological polar surface area (TPSA) is 56.8 Å². The fraction of sp³-hybridized carbons (Fsp3) is 0.533. The minimum absolute atomic E-state index is 0.229. The monoisotopic (exact) mass is 315 g/mol. The molecule has 1 unspecified atom stereocenters. The molecule has 0 aliphatic rings. The van der Waals surface area contributed by atoms with Gasteiger partial charge in [-0.25, -0.2) is 0 Å². The highest BCUT2D eigenvalue weighted by Crippen LogP contribution is 2.34. The van der Waals surface area contributed by atoms with Crippen LogP contribution in [0.1, 0.15) is 31.1 Å². The van der Waals surface area contributed by atoms with Crippen LogP contribution in [0.25, 0.3) is 0 Å². The maximum atomic E-state index is 12.5. The number of methoxy groups -OCH3 is 3. The van der Waals surface area contributed by atoms with Crippen LogP contribution in [-0.2, 0) is 0 Å². The standard InChI is InChI=1S/C15H22ClNO4/c1-9(16)15(2,3)17-14(18)10-7-12(20-5)13(21-6)8-11(10)19-4/h7-9H,1-6H3,(H,17,18). The molecule has 6 heteroatoms. The van der Waals surface area contributed by atoms with E-state index in [0.717, 1.165) is 0 Å². The molecule has 1 amide bonds. The second kappa shape index (κ2) is 6.89. The quantitative estimate of drug-likeness (QED) is 0.820. The van der Waals surface area contributed by atoms with Crippen molar-refractivity contribution in [1.82, 2.24) is 5.32 Å². The number of alkyl halides is 1. The summed E-state index contributed by atoms with van der Waals surface area (Å²) in [6.07, 6.45) is 0. The van der Waals surface area contributed by atoms with E-state index in [2.05, 4.69) is 5.32 Å². The van der Waals surface area contributed by atoms with Crippen molar-refractivity contribution in [3.63, 3.8) is 0 Å². The van der Waals surface area contributed by atoms with E-state index in [9.17, 15) is 4.79 Å². The Morgan fingerprint density at radius 1 is 1.10 bits per heavy atom. The predicted octanol–water partition coefficient (Wildman–Crippen LogP) is 2.85. The third kappa shape index (κ3) is 3.94. The Labute approximate surface area is 130 Å². The minimum Gasteiger partial charge on any atom is -0.496 e. The number of amides is 1. The van der Waals surface area contributed by atoms with Crippen molar-refractivity contribution < 1.29 is 19.0 Å². The first kappa shape index (κ1) is 17.4. The number of ether oxygens (including phenoxy) is 3. The molecule has 0 saturated heterocycles. The molecule has 1 aromatic carbocycles. The van der Waals surface area contributed by atoms with Crippen LogP contribution in [-0.4, -0.2) is 38.2 Å². The highest BCUT2D eigenvalue weighted by atomic mass is 35.5. The van der Waals surface area contributed by atoms with Gasteiger partial charge in [0.05, 0.1) is 37.8 Å². The van der Waals surface area contributed by atoms with E-state index in [0.29, 0.717) is 22.8 Å². The number of hydrogen-bond acceptors (Lipinski definition) is 4. The van der Waals surface area contributed by atoms with E-state index in [1.807, 2.05) is 20.8 Å². The molecule has 1 atom stereocenters. The summed E-state index contributed by atoms with van der Waals surface area (Å²) in [5, 5.41) is 2.66. The molecule has 0 aromatic heterocycles.